The number of fused-ring (bicyclic) bond motifs is 1. The zero-order valence-electron chi connectivity index (χ0n) is 16.0. The molecule has 4 rings (SSSR count). The Morgan fingerprint density at radius 3 is 2.76 bits per heavy atom. The highest BCUT2D eigenvalue weighted by molar-refractivity contribution is 7.99. The Kier molecular flexibility index (Phi) is 5.22. The number of rotatable bonds is 6. The Morgan fingerprint density at radius 2 is 2.00 bits per heavy atom. The van der Waals surface area contributed by atoms with E-state index >= 15 is 0 Å². The molecule has 0 radical (unpaired) electrons. The van der Waals surface area contributed by atoms with Crippen molar-refractivity contribution < 1.29 is 9.53 Å². The van der Waals surface area contributed by atoms with Gasteiger partial charge in [-0.1, -0.05) is 30.0 Å². The fourth-order valence-electron chi connectivity index (χ4n) is 3.11. The number of nitrogens with zero attached hydrogens (tertiary/aromatic N) is 2. The molecule has 4 aromatic rings. The Labute approximate surface area is 171 Å². The molecule has 0 fully saturated rings. The molecule has 0 saturated heterocycles. The number of carbonyl (C=O) groups is 1. The van der Waals surface area contributed by atoms with Crippen molar-refractivity contribution in [2.45, 2.75) is 12.1 Å². The maximum atomic E-state index is 13.4. The number of para-hydroxylation sites is 1. The zero-order chi connectivity index (χ0) is 20.4. The van der Waals surface area contributed by atoms with E-state index in [1.807, 2.05) is 37.3 Å². The third-order valence-electron chi connectivity index (χ3n) is 4.55. The first kappa shape index (κ1) is 19.0. The van der Waals surface area contributed by atoms with Gasteiger partial charge in [0.25, 0.3) is 5.56 Å². The summed E-state index contributed by atoms with van der Waals surface area (Å²) in [6, 6.07) is 16.3. The summed E-state index contributed by atoms with van der Waals surface area (Å²) >= 11 is 1.23. The number of nitrogens with one attached hydrogen (secondary N) is 1. The zero-order valence-corrected chi connectivity index (χ0v) is 16.8. The average Bonchev–Trinajstić information content (AvgIpc) is 3.27. The number of benzene rings is 2. The number of ether oxygens (including phenoxy) is 1. The molecule has 2 aromatic carbocycles. The first-order valence-electron chi connectivity index (χ1n) is 9.04. The molecule has 0 saturated carbocycles. The lowest BCUT2D eigenvalue weighted by Crippen LogP contribution is -2.23. The topological polar surface area (TPSA) is 77.0 Å². The molecule has 0 spiro atoms. The third kappa shape index (κ3) is 3.69. The van der Waals surface area contributed by atoms with Crippen molar-refractivity contribution in [3.8, 4) is 11.4 Å². The van der Waals surface area contributed by atoms with Crippen molar-refractivity contribution in [2.75, 3.05) is 12.9 Å². The lowest BCUT2D eigenvalue weighted by atomic mass is 10.2. The van der Waals surface area contributed by atoms with E-state index in [1.54, 1.807) is 37.6 Å². The highest BCUT2D eigenvalue weighted by Crippen LogP contribution is 2.28. The van der Waals surface area contributed by atoms with E-state index < -0.39 is 0 Å². The summed E-state index contributed by atoms with van der Waals surface area (Å²) in [6.45, 7) is 1.95. The van der Waals surface area contributed by atoms with Crippen LogP contribution in [-0.2, 0) is 0 Å². The summed E-state index contributed by atoms with van der Waals surface area (Å²) < 4.78 is 7.02. The van der Waals surface area contributed by atoms with Crippen LogP contribution in [0.1, 0.15) is 16.1 Å². The molecule has 0 atom stereocenters. The molecule has 0 aliphatic carbocycles. The van der Waals surface area contributed by atoms with Crippen molar-refractivity contribution in [2.24, 2.45) is 0 Å². The van der Waals surface area contributed by atoms with Crippen molar-refractivity contribution >= 4 is 28.4 Å². The molecule has 146 valence electrons. The summed E-state index contributed by atoms with van der Waals surface area (Å²) in [5.41, 5.74) is 2.51. The number of methoxy groups -OCH3 is 1. The van der Waals surface area contributed by atoms with Crippen LogP contribution in [0.4, 0.5) is 0 Å². The highest BCUT2D eigenvalue weighted by Gasteiger charge is 2.18. The van der Waals surface area contributed by atoms with Crippen LogP contribution in [0, 0.1) is 6.92 Å². The molecule has 7 heteroatoms. The highest BCUT2D eigenvalue weighted by atomic mass is 32.2. The van der Waals surface area contributed by atoms with E-state index in [-0.39, 0.29) is 17.1 Å². The van der Waals surface area contributed by atoms with E-state index in [0.29, 0.717) is 33.2 Å². The first-order valence-corrected chi connectivity index (χ1v) is 10.0. The summed E-state index contributed by atoms with van der Waals surface area (Å²) in [7, 11) is 1.56. The molecular weight excluding hydrogens is 386 g/mol. The molecule has 6 nitrogen and oxygen atoms in total. The van der Waals surface area contributed by atoms with Gasteiger partial charge in [0, 0.05) is 6.20 Å². The van der Waals surface area contributed by atoms with Crippen LogP contribution in [0.25, 0.3) is 16.6 Å². The number of aromatic nitrogens is 3. The van der Waals surface area contributed by atoms with Crippen molar-refractivity contribution in [3.05, 3.63) is 82.4 Å². The number of Topliss-reactive ketones (excluding diaryl/α,β-unsaturated/α-hetero) is 1. The van der Waals surface area contributed by atoms with E-state index in [4.69, 9.17) is 4.74 Å². The third-order valence-corrected chi connectivity index (χ3v) is 5.49. The van der Waals surface area contributed by atoms with Gasteiger partial charge in [-0.3, -0.25) is 14.2 Å². The summed E-state index contributed by atoms with van der Waals surface area (Å²) in [5, 5.41) is 0.952. The van der Waals surface area contributed by atoms with Crippen LogP contribution in [0.15, 0.2) is 70.7 Å². The SMILES string of the molecule is COc1ccc(C)cc1-n1c(SCC(=O)c2ccc[nH]2)nc2ccccc2c1=O. The number of thioether (sulfide) groups is 1. The van der Waals surface area contributed by atoms with Crippen LogP contribution in [-0.4, -0.2) is 33.2 Å². The van der Waals surface area contributed by atoms with E-state index in [9.17, 15) is 9.59 Å². The largest absolute Gasteiger partial charge is 0.495 e. The summed E-state index contributed by atoms with van der Waals surface area (Å²) in [5.74, 6) is 0.650. The number of hydrogen-bond donors (Lipinski definition) is 1. The van der Waals surface area contributed by atoms with Crippen LogP contribution in [0.5, 0.6) is 5.75 Å². The minimum atomic E-state index is -0.200. The van der Waals surface area contributed by atoms with Gasteiger partial charge >= 0.3 is 0 Å². The van der Waals surface area contributed by atoms with Gasteiger partial charge in [0.05, 0.1) is 35.1 Å². The normalized spacial score (nSPS) is 11.0. The maximum Gasteiger partial charge on any atom is 0.266 e. The predicted octanol–water partition coefficient (Wildman–Crippen LogP) is 4.01. The summed E-state index contributed by atoms with van der Waals surface area (Å²) in [4.78, 5) is 33.4. The molecule has 29 heavy (non-hydrogen) atoms. The predicted molar refractivity (Wildman–Crippen MR) is 114 cm³/mol. The number of aromatic amines is 1. The maximum absolute atomic E-state index is 13.4. The van der Waals surface area contributed by atoms with Crippen molar-refractivity contribution in [3.63, 3.8) is 0 Å². The Balaban J connectivity index is 1.86. The van der Waals surface area contributed by atoms with E-state index in [0.717, 1.165) is 5.56 Å². The number of aryl methyl sites for hydroxylation is 1. The Hall–Kier alpha value is -3.32. The Morgan fingerprint density at radius 1 is 1.17 bits per heavy atom. The second kappa shape index (κ2) is 7.97. The lowest BCUT2D eigenvalue weighted by Gasteiger charge is -2.16. The molecule has 0 unspecified atom stereocenters. The molecule has 0 aliphatic rings. The monoisotopic (exact) mass is 405 g/mol. The van der Waals surface area contributed by atoms with E-state index in [1.165, 1.54) is 16.3 Å². The van der Waals surface area contributed by atoms with Crippen LogP contribution >= 0.6 is 11.8 Å². The minimum absolute atomic E-state index is 0.0647. The molecule has 2 heterocycles. The quantitative estimate of drug-likeness (QED) is 0.298. The number of carbonyl (C=O) groups excluding carboxylic acids is 1. The molecule has 0 bridgehead atoms. The fourth-order valence-corrected chi connectivity index (χ4v) is 4.00. The second-order valence-corrected chi connectivity index (χ2v) is 7.47. The Bertz CT molecular complexity index is 1250. The van der Waals surface area contributed by atoms with Crippen molar-refractivity contribution in [1.82, 2.24) is 14.5 Å². The van der Waals surface area contributed by atoms with Crippen LogP contribution in [0.2, 0.25) is 0 Å². The first-order chi connectivity index (χ1) is 14.1. The minimum Gasteiger partial charge on any atom is -0.495 e. The van der Waals surface area contributed by atoms with E-state index in [2.05, 4.69) is 9.97 Å². The average molecular weight is 405 g/mol. The smallest absolute Gasteiger partial charge is 0.266 e. The van der Waals surface area contributed by atoms with Gasteiger partial charge in [-0.25, -0.2) is 4.98 Å². The molecular formula is C22H19N3O3S. The lowest BCUT2D eigenvalue weighted by molar-refractivity contribution is 0.101. The van der Waals surface area contributed by atoms with Gasteiger partial charge in [0.15, 0.2) is 10.9 Å². The van der Waals surface area contributed by atoms with Gasteiger partial charge < -0.3 is 9.72 Å². The van der Waals surface area contributed by atoms with Gasteiger partial charge in [0.2, 0.25) is 0 Å². The second-order valence-electron chi connectivity index (χ2n) is 6.52. The molecule has 0 aliphatic heterocycles. The molecule has 2 aromatic heterocycles. The van der Waals surface area contributed by atoms with Crippen LogP contribution in [0.3, 0.4) is 0 Å². The number of hydrogen-bond acceptors (Lipinski definition) is 5. The standard InChI is InChI=1S/C22H19N3O3S/c1-14-9-10-20(28-2)18(12-14)25-21(27)15-6-3-4-7-16(15)24-22(25)29-13-19(26)17-8-5-11-23-17/h3-12,23H,13H2,1-2H3. The molecule has 1 N–H and O–H groups in total. The van der Waals surface area contributed by atoms with Gasteiger partial charge in [-0.05, 0) is 48.9 Å². The number of H-pyrrole nitrogens is 1. The van der Waals surface area contributed by atoms with Gasteiger partial charge in [0.1, 0.15) is 5.75 Å². The molecule has 0 amide bonds. The summed E-state index contributed by atoms with van der Waals surface area (Å²) in [6.07, 6.45) is 1.71. The van der Waals surface area contributed by atoms with Gasteiger partial charge in [-0.15, -0.1) is 0 Å². The number of ketones is 1. The fraction of sp³-hybridized carbons (Fsp3) is 0.136. The van der Waals surface area contributed by atoms with Gasteiger partial charge in [-0.2, -0.15) is 0 Å². The van der Waals surface area contributed by atoms with Crippen LogP contribution < -0.4 is 10.3 Å². The van der Waals surface area contributed by atoms with Crippen molar-refractivity contribution in [1.29, 1.82) is 0 Å².